The molecule has 0 bridgehead atoms. The van der Waals surface area contributed by atoms with Crippen molar-refractivity contribution in [3.8, 4) is 0 Å². The minimum Gasteiger partial charge on any atom is -0.379 e. The highest BCUT2D eigenvalue weighted by molar-refractivity contribution is 6.30. The van der Waals surface area contributed by atoms with Crippen molar-refractivity contribution in [1.29, 1.82) is 0 Å². The van der Waals surface area contributed by atoms with E-state index in [1.165, 1.54) is 5.56 Å². The van der Waals surface area contributed by atoms with Crippen molar-refractivity contribution < 1.29 is 14.3 Å². The average molecular weight is 521 g/mol. The zero-order chi connectivity index (χ0) is 26.2. The first-order chi connectivity index (χ1) is 17.9. The number of ether oxygens (including phenoxy) is 1. The largest absolute Gasteiger partial charge is 0.379 e. The molecule has 194 valence electrons. The number of nitrogens with zero attached hydrogens (tertiary/aromatic N) is 2. The van der Waals surface area contributed by atoms with Gasteiger partial charge in [-0.2, -0.15) is 0 Å². The maximum atomic E-state index is 13.3. The molecule has 0 aromatic heterocycles. The predicted octanol–water partition coefficient (Wildman–Crippen LogP) is 6.09. The Morgan fingerprint density at radius 1 is 0.892 bits per heavy atom. The summed E-state index contributed by atoms with van der Waals surface area (Å²) in [5, 5.41) is 6.49. The standard InChI is InChI=1S/C29H33ClN4O3/c1-21(2)22-3-9-25(10-4-22)31-28(35)23-5-13-27(14-6-23)34(16-15-33-17-19-37-20-18-33)29(36)32-26-11-7-24(30)8-12-26/h3-14,21H,15-20H2,1-2H3,(H,31,35)(H,32,36). The van der Waals surface area contributed by atoms with Gasteiger partial charge in [0.05, 0.1) is 13.2 Å². The molecule has 0 atom stereocenters. The van der Waals surface area contributed by atoms with E-state index in [1.807, 2.05) is 24.3 Å². The average Bonchev–Trinajstić information content (AvgIpc) is 2.91. The topological polar surface area (TPSA) is 73.9 Å². The Morgan fingerprint density at radius 3 is 2.11 bits per heavy atom. The molecule has 1 fully saturated rings. The number of urea groups is 1. The molecule has 1 aliphatic heterocycles. The Morgan fingerprint density at radius 2 is 1.49 bits per heavy atom. The summed E-state index contributed by atoms with van der Waals surface area (Å²) in [4.78, 5) is 30.0. The van der Waals surface area contributed by atoms with Crippen molar-refractivity contribution in [2.45, 2.75) is 19.8 Å². The smallest absolute Gasteiger partial charge is 0.326 e. The Labute approximate surface area is 223 Å². The van der Waals surface area contributed by atoms with E-state index in [0.717, 1.165) is 18.8 Å². The molecule has 0 aliphatic carbocycles. The van der Waals surface area contributed by atoms with Crippen molar-refractivity contribution in [3.05, 3.63) is 88.9 Å². The summed E-state index contributed by atoms with van der Waals surface area (Å²) in [6.07, 6.45) is 0. The lowest BCUT2D eigenvalue weighted by molar-refractivity contribution is 0.0393. The summed E-state index contributed by atoms with van der Waals surface area (Å²) in [7, 11) is 0. The molecule has 2 N–H and O–H groups in total. The van der Waals surface area contributed by atoms with E-state index in [2.05, 4.69) is 29.4 Å². The quantitative estimate of drug-likeness (QED) is 0.377. The third-order valence-electron chi connectivity index (χ3n) is 6.36. The molecule has 3 aromatic rings. The van der Waals surface area contributed by atoms with Gasteiger partial charge < -0.3 is 15.4 Å². The van der Waals surface area contributed by atoms with Crippen molar-refractivity contribution in [2.24, 2.45) is 0 Å². The number of anilines is 3. The minimum absolute atomic E-state index is 0.200. The number of hydrogen-bond acceptors (Lipinski definition) is 4. The van der Waals surface area contributed by atoms with E-state index in [-0.39, 0.29) is 11.9 Å². The lowest BCUT2D eigenvalue weighted by atomic mass is 10.0. The Balaban J connectivity index is 1.46. The summed E-state index contributed by atoms with van der Waals surface area (Å²) >= 11 is 5.98. The Bertz CT molecular complexity index is 1180. The van der Waals surface area contributed by atoms with Crippen LogP contribution in [0.4, 0.5) is 21.9 Å². The van der Waals surface area contributed by atoms with Gasteiger partial charge in [0.25, 0.3) is 5.91 Å². The van der Waals surface area contributed by atoms with E-state index >= 15 is 0 Å². The van der Waals surface area contributed by atoms with Crippen molar-refractivity contribution >= 4 is 40.6 Å². The van der Waals surface area contributed by atoms with Gasteiger partial charge in [-0.15, -0.1) is 0 Å². The first-order valence-corrected chi connectivity index (χ1v) is 12.9. The lowest BCUT2D eigenvalue weighted by Gasteiger charge is -2.30. The van der Waals surface area contributed by atoms with Crippen LogP contribution >= 0.6 is 11.6 Å². The summed E-state index contributed by atoms with van der Waals surface area (Å²) in [5.41, 5.74) is 3.84. The maximum Gasteiger partial charge on any atom is 0.326 e. The molecule has 1 aliphatic rings. The normalized spacial score (nSPS) is 13.8. The number of carbonyl (C=O) groups excluding carboxylic acids is 2. The molecule has 0 radical (unpaired) electrons. The van der Waals surface area contributed by atoms with Gasteiger partial charge in [0.15, 0.2) is 0 Å². The minimum atomic E-state index is -0.252. The maximum absolute atomic E-state index is 13.3. The molecule has 7 nitrogen and oxygen atoms in total. The van der Waals surface area contributed by atoms with E-state index < -0.39 is 0 Å². The second kappa shape index (κ2) is 12.7. The van der Waals surface area contributed by atoms with E-state index in [1.54, 1.807) is 53.4 Å². The van der Waals surface area contributed by atoms with Crippen LogP contribution in [0.15, 0.2) is 72.8 Å². The molecule has 3 amide bonds. The summed E-state index contributed by atoms with van der Waals surface area (Å²) in [5.74, 6) is 0.231. The number of halogens is 1. The molecule has 8 heteroatoms. The second-order valence-electron chi connectivity index (χ2n) is 9.32. The first kappa shape index (κ1) is 26.7. The number of benzene rings is 3. The highest BCUT2D eigenvalue weighted by Crippen LogP contribution is 2.21. The summed E-state index contributed by atoms with van der Waals surface area (Å²) in [6, 6.07) is 21.7. The van der Waals surface area contributed by atoms with Crippen LogP contribution in [0.2, 0.25) is 5.02 Å². The molecule has 4 rings (SSSR count). The van der Waals surface area contributed by atoms with Gasteiger partial charge >= 0.3 is 6.03 Å². The molecule has 0 unspecified atom stereocenters. The van der Waals surface area contributed by atoms with Crippen molar-refractivity contribution in [1.82, 2.24) is 4.90 Å². The lowest BCUT2D eigenvalue weighted by Crippen LogP contribution is -2.44. The molecular formula is C29H33ClN4O3. The Kier molecular flexibility index (Phi) is 9.17. The first-order valence-electron chi connectivity index (χ1n) is 12.5. The van der Waals surface area contributed by atoms with Crippen LogP contribution in [0.5, 0.6) is 0 Å². The van der Waals surface area contributed by atoms with Gasteiger partial charge in [0.2, 0.25) is 0 Å². The fraction of sp³-hybridized carbons (Fsp3) is 0.310. The molecule has 37 heavy (non-hydrogen) atoms. The molecular weight excluding hydrogens is 488 g/mol. The summed E-state index contributed by atoms with van der Waals surface area (Å²) in [6.45, 7) is 8.54. The molecule has 0 spiro atoms. The van der Waals surface area contributed by atoms with Gasteiger partial charge in [-0.25, -0.2) is 4.79 Å². The number of morpholine rings is 1. The third kappa shape index (κ3) is 7.55. The van der Waals surface area contributed by atoms with Gasteiger partial charge in [-0.1, -0.05) is 37.6 Å². The third-order valence-corrected chi connectivity index (χ3v) is 6.61. The highest BCUT2D eigenvalue weighted by atomic mass is 35.5. The van der Waals surface area contributed by atoms with Crippen LogP contribution in [0.1, 0.15) is 35.7 Å². The van der Waals surface area contributed by atoms with Crippen LogP contribution < -0.4 is 15.5 Å². The molecule has 0 saturated carbocycles. The van der Waals surface area contributed by atoms with Crippen LogP contribution in [0.25, 0.3) is 0 Å². The van der Waals surface area contributed by atoms with E-state index in [4.69, 9.17) is 16.3 Å². The number of carbonyl (C=O) groups is 2. The van der Waals surface area contributed by atoms with Crippen LogP contribution in [0.3, 0.4) is 0 Å². The fourth-order valence-corrected chi connectivity index (χ4v) is 4.21. The predicted molar refractivity (Wildman–Crippen MR) is 150 cm³/mol. The zero-order valence-electron chi connectivity index (χ0n) is 21.2. The number of nitrogens with one attached hydrogen (secondary N) is 2. The Hall–Kier alpha value is -3.39. The van der Waals surface area contributed by atoms with Crippen LogP contribution in [0, 0.1) is 0 Å². The number of amides is 3. The van der Waals surface area contributed by atoms with Gasteiger partial charge in [-0.05, 0) is 72.1 Å². The van der Waals surface area contributed by atoms with Crippen LogP contribution in [-0.4, -0.2) is 56.2 Å². The van der Waals surface area contributed by atoms with Gasteiger partial charge in [0, 0.05) is 53.8 Å². The summed E-state index contributed by atoms with van der Waals surface area (Å²) < 4.78 is 5.44. The molecule has 1 heterocycles. The van der Waals surface area contributed by atoms with Crippen LogP contribution in [-0.2, 0) is 4.74 Å². The van der Waals surface area contributed by atoms with E-state index in [0.29, 0.717) is 54.2 Å². The zero-order valence-corrected chi connectivity index (χ0v) is 22.0. The fourth-order valence-electron chi connectivity index (χ4n) is 4.09. The number of hydrogen-bond donors (Lipinski definition) is 2. The van der Waals surface area contributed by atoms with Gasteiger partial charge in [0.1, 0.15) is 0 Å². The van der Waals surface area contributed by atoms with Gasteiger partial charge in [-0.3, -0.25) is 14.6 Å². The molecule has 3 aromatic carbocycles. The van der Waals surface area contributed by atoms with E-state index in [9.17, 15) is 9.59 Å². The number of rotatable bonds is 8. The molecule has 1 saturated heterocycles. The van der Waals surface area contributed by atoms with Crippen molar-refractivity contribution in [3.63, 3.8) is 0 Å². The monoisotopic (exact) mass is 520 g/mol. The second-order valence-corrected chi connectivity index (χ2v) is 9.76. The SMILES string of the molecule is CC(C)c1ccc(NC(=O)c2ccc(N(CCN3CCOCC3)C(=O)Nc3ccc(Cl)cc3)cc2)cc1. The highest BCUT2D eigenvalue weighted by Gasteiger charge is 2.19. The van der Waals surface area contributed by atoms with Crippen molar-refractivity contribution in [2.75, 3.05) is 54.9 Å².